The summed E-state index contributed by atoms with van der Waals surface area (Å²) < 4.78 is 3.50. The van der Waals surface area contributed by atoms with Crippen molar-refractivity contribution in [3.05, 3.63) is 51.4 Å². The first-order chi connectivity index (χ1) is 11.5. The smallest absolute Gasteiger partial charge is 0.347 e. The van der Waals surface area contributed by atoms with Gasteiger partial charge in [0.05, 0.1) is 5.69 Å². The molecule has 0 unspecified atom stereocenters. The molecule has 1 N–H and O–H groups in total. The van der Waals surface area contributed by atoms with Crippen LogP contribution in [0.3, 0.4) is 0 Å². The van der Waals surface area contributed by atoms with Gasteiger partial charge in [0.25, 0.3) is 0 Å². The fourth-order valence-electron chi connectivity index (χ4n) is 2.57. The van der Waals surface area contributed by atoms with Crippen molar-refractivity contribution < 1.29 is 4.79 Å². The highest BCUT2D eigenvalue weighted by Gasteiger charge is 2.07. The van der Waals surface area contributed by atoms with Crippen molar-refractivity contribution in [2.45, 2.75) is 33.2 Å². The summed E-state index contributed by atoms with van der Waals surface area (Å²) in [6, 6.07) is 1.84. The van der Waals surface area contributed by atoms with Gasteiger partial charge in [0.1, 0.15) is 0 Å². The zero-order valence-corrected chi connectivity index (χ0v) is 14.5. The normalized spacial score (nSPS) is 11.1. The van der Waals surface area contributed by atoms with Gasteiger partial charge in [0.15, 0.2) is 4.96 Å². The van der Waals surface area contributed by atoms with Gasteiger partial charge in [-0.05, 0) is 19.9 Å². The maximum absolute atomic E-state index is 11.9. The second-order valence-electron chi connectivity index (χ2n) is 5.65. The van der Waals surface area contributed by atoms with Gasteiger partial charge < -0.3 is 5.32 Å². The molecule has 24 heavy (non-hydrogen) atoms. The minimum atomic E-state index is -0.307. The third-order valence-corrected chi connectivity index (χ3v) is 4.53. The molecular weight excluding hydrogens is 326 g/mol. The van der Waals surface area contributed by atoms with Crippen LogP contribution in [0, 0.1) is 13.8 Å². The van der Waals surface area contributed by atoms with E-state index in [4.69, 9.17) is 0 Å². The van der Waals surface area contributed by atoms with E-state index in [0.717, 1.165) is 16.3 Å². The van der Waals surface area contributed by atoms with Crippen LogP contribution in [0.5, 0.6) is 0 Å². The molecule has 126 valence electrons. The molecule has 0 fully saturated rings. The van der Waals surface area contributed by atoms with Crippen LogP contribution in [0.2, 0.25) is 0 Å². The summed E-state index contributed by atoms with van der Waals surface area (Å²) in [4.78, 5) is 33.1. The van der Waals surface area contributed by atoms with E-state index >= 15 is 0 Å². The maximum Gasteiger partial charge on any atom is 0.347 e. The van der Waals surface area contributed by atoms with Gasteiger partial charge >= 0.3 is 5.69 Å². The standard InChI is InChI=1S/C16H19N5O2S/c1-11-9-12(2)21(15(23)18-11)6-4-14(22)17-5-3-13-10-20-7-8-24-16(20)19-13/h7-10H,3-6H2,1-2H3,(H,17,22). The number of amides is 1. The first kappa shape index (κ1) is 16.4. The molecule has 0 atom stereocenters. The summed E-state index contributed by atoms with van der Waals surface area (Å²) in [5.74, 6) is -0.0807. The zero-order chi connectivity index (χ0) is 17.1. The quantitative estimate of drug-likeness (QED) is 0.730. The molecule has 3 rings (SSSR count). The van der Waals surface area contributed by atoms with Crippen LogP contribution in [0.4, 0.5) is 0 Å². The average molecular weight is 345 g/mol. The van der Waals surface area contributed by atoms with Crippen LogP contribution < -0.4 is 11.0 Å². The Balaban J connectivity index is 1.47. The summed E-state index contributed by atoms with van der Waals surface area (Å²) >= 11 is 1.58. The highest BCUT2D eigenvalue weighted by atomic mass is 32.1. The molecule has 0 aliphatic carbocycles. The molecule has 0 bridgehead atoms. The lowest BCUT2D eigenvalue weighted by Gasteiger charge is -2.09. The van der Waals surface area contributed by atoms with Crippen molar-refractivity contribution in [3.8, 4) is 0 Å². The molecule has 8 heteroatoms. The number of hydrogen-bond acceptors (Lipinski definition) is 5. The number of aryl methyl sites for hydroxylation is 2. The van der Waals surface area contributed by atoms with Gasteiger partial charge in [-0.3, -0.25) is 13.8 Å². The van der Waals surface area contributed by atoms with Gasteiger partial charge in [-0.15, -0.1) is 11.3 Å². The van der Waals surface area contributed by atoms with Gasteiger partial charge in [-0.1, -0.05) is 0 Å². The average Bonchev–Trinajstić information content (AvgIpc) is 3.07. The SMILES string of the molecule is Cc1cc(C)n(CCC(=O)NCCc2cn3ccsc3n2)c(=O)n1. The highest BCUT2D eigenvalue weighted by Crippen LogP contribution is 2.11. The minimum absolute atomic E-state index is 0.0807. The number of carbonyl (C=O) groups is 1. The summed E-state index contributed by atoms with van der Waals surface area (Å²) in [6.07, 6.45) is 4.87. The predicted molar refractivity (Wildman–Crippen MR) is 92.4 cm³/mol. The molecule has 3 heterocycles. The number of nitrogens with one attached hydrogen (secondary N) is 1. The maximum atomic E-state index is 11.9. The Morgan fingerprint density at radius 1 is 1.33 bits per heavy atom. The molecular formula is C16H19N5O2S. The van der Waals surface area contributed by atoms with Gasteiger partial charge in [-0.25, -0.2) is 9.78 Å². The molecule has 7 nitrogen and oxygen atoms in total. The van der Waals surface area contributed by atoms with Crippen LogP contribution in [0.25, 0.3) is 4.96 Å². The summed E-state index contributed by atoms with van der Waals surface area (Å²) in [5.41, 5.74) is 2.16. The molecule has 0 aliphatic heterocycles. The summed E-state index contributed by atoms with van der Waals surface area (Å²) in [5, 5.41) is 4.85. The van der Waals surface area contributed by atoms with E-state index < -0.39 is 0 Å². The van der Waals surface area contributed by atoms with Crippen molar-refractivity contribution in [2.24, 2.45) is 0 Å². The lowest BCUT2D eigenvalue weighted by molar-refractivity contribution is -0.121. The number of imidazole rings is 1. The molecule has 0 radical (unpaired) electrons. The summed E-state index contributed by atoms with van der Waals surface area (Å²) in [6.45, 7) is 4.50. The third-order valence-electron chi connectivity index (χ3n) is 3.76. The van der Waals surface area contributed by atoms with E-state index in [2.05, 4.69) is 15.3 Å². The fraction of sp³-hybridized carbons (Fsp3) is 0.375. The third kappa shape index (κ3) is 3.70. The van der Waals surface area contributed by atoms with Crippen molar-refractivity contribution in [1.82, 2.24) is 24.3 Å². The van der Waals surface area contributed by atoms with Crippen LogP contribution >= 0.6 is 11.3 Å². The van der Waals surface area contributed by atoms with Crippen LogP contribution in [-0.2, 0) is 17.8 Å². The first-order valence-electron chi connectivity index (χ1n) is 7.76. The van der Waals surface area contributed by atoms with Gasteiger partial charge in [0.2, 0.25) is 5.91 Å². The number of fused-ring (bicyclic) bond motifs is 1. The second kappa shape index (κ2) is 6.96. The van der Waals surface area contributed by atoms with Crippen LogP contribution in [0.15, 0.2) is 28.6 Å². The Hall–Kier alpha value is -2.48. The van der Waals surface area contributed by atoms with Crippen molar-refractivity contribution in [3.63, 3.8) is 0 Å². The fourth-order valence-corrected chi connectivity index (χ4v) is 3.29. The molecule has 3 aromatic heterocycles. The Morgan fingerprint density at radius 3 is 2.92 bits per heavy atom. The van der Waals surface area contributed by atoms with E-state index in [0.29, 0.717) is 25.2 Å². The Morgan fingerprint density at radius 2 is 2.17 bits per heavy atom. The number of nitrogens with zero attached hydrogens (tertiary/aromatic N) is 4. The molecule has 3 aromatic rings. The lowest BCUT2D eigenvalue weighted by Crippen LogP contribution is -2.30. The Bertz CT molecular complexity index is 896. The number of rotatable bonds is 6. The highest BCUT2D eigenvalue weighted by molar-refractivity contribution is 7.15. The summed E-state index contributed by atoms with van der Waals surface area (Å²) in [7, 11) is 0. The molecule has 0 aliphatic rings. The van der Waals surface area contributed by atoms with E-state index in [1.165, 1.54) is 4.57 Å². The molecule has 0 saturated carbocycles. The lowest BCUT2D eigenvalue weighted by atomic mass is 10.3. The largest absolute Gasteiger partial charge is 0.356 e. The van der Waals surface area contributed by atoms with E-state index in [1.54, 1.807) is 18.3 Å². The first-order valence-corrected chi connectivity index (χ1v) is 8.64. The Labute approximate surface area is 143 Å². The van der Waals surface area contributed by atoms with E-state index in [1.807, 2.05) is 35.2 Å². The van der Waals surface area contributed by atoms with Crippen LogP contribution in [-0.4, -0.2) is 31.4 Å². The van der Waals surface area contributed by atoms with E-state index in [9.17, 15) is 9.59 Å². The second-order valence-corrected chi connectivity index (χ2v) is 6.52. The molecule has 0 spiro atoms. The Kier molecular flexibility index (Phi) is 4.75. The van der Waals surface area contributed by atoms with Crippen LogP contribution in [0.1, 0.15) is 23.5 Å². The van der Waals surface area contributed by atoms with Crippen molar-refractivity contribution >= 4 is 22.2 Å². The van der Waals surface area contributed by atoms with Crippen molar-refractivity contribution in [2.75, 3.05) is 6.54 Å². The monoisotopic (exact) mass is 345 g/mol. The number of aromatic nitrogens is 4. The minimum Gasteiger partial charge on any atom is -0.356 e. The molecule has 1 amide bonds. The number of carbonyl (C=O) groups excluding carboxylic acids is 1. The number of thiazole rings is 1. The number of hydrogen-bond donors (Lipinski definition) is 1. The van der Waals surface area contributed by atoms with Gasteiger partial charge in [-0.2, -0.15) is 4.98 Å². The molecule has 0 aromatic carbocycles. The topological polar surface area (TPSA) is 81.3 Å². The zero-order valence-electron chi connectivity index (χ0n) is 13.7. The van der Waals surface area contributed by atoms with Gasteiger partial charge in [0, 0.05) is 55.1 Å². The van der Waals surface area contributed by atoms with E-state index in [-0.39, 0.29) is 18.0 Å². The predicted octanol–water partition coefficient (Wildman–Crippen LogP) is 1.32. The van der Waals surface area contributed by atoms with Crippen molar-refractivity contribution in [1.29, 1.82) is 0 Å². The molecule has 0 saturated heterocycles.